The lowest BCUT2D eigenvalue weighted by atomic mass is 10.0. The van der Waals surface area contributed by atoms with Gasteiger partial charge in [-0.1, -0.05) is 48.0 Å². The Morgan fingerprint density at radius 2 is 1.69 bits per heavy atom. The largest absolute Gasteiger partial charge is 0.492 e. The molecule has 0 heterocycles. The number of esters is 1. The summed E-state index contributed by atoms with van der Waals surface area (Å²) in [7, 11) is -3.95. The van der Waals surface area contributed by atoms with Gasteiger partial charge in [0.2, 0.25) is 10.0 Å². The minimum absolute atomic E-state index is 0.00888. The highest BCUT2D eigenvalue weighted by molar-refractivity contribution is 9.10. The Kier molecular flexibility index (Phi) is 8.67. The normalized spacial score (nSPS) is 12.8. The van der Waals surface area contributed by atoms with E-state index >= 15 is 0 Å². The number of sulfonamides is 1. The average molecular weight is 484 g/mol. The second-order valence-corrected chi connectivity index (χ2v) is 9.48. The molecule has 1 atom stereocenters. The van der Waals surface area contributed by atoms with Crippen molar-refractivity contribution in [1.82, 2.24) is 4.31 Å². The van der Waals surface area contributed by atoms with Crippen LogP contribution in [0.1, 0.15) is 20.8 Å². The molecule has 0 amide bonds. The van der Waals surface area contributed by atoms with Crippen molar-refractivity contribution in [2.24, 2.45) is 5.92 Å². The molecule has 2 rings (SSSR count). The number of halogens is 1. The van der Waals surface area contributed by atoms with Crippen molar-refractivity contribution in [3.8, 4) is 5.75 Å². The quantitative estimate of drug-likeness (QED) is 0.475. The molecule has 0 fully saturated rings. The van der Waals surface area contributed by atoms with Crippen LogP contribution in [0.15, 0.2) is 64.0 Å². The lowest BCUT2D eigenvalue weighted by Crippen LogP contribution is -2.50. The molecule has 0 unspecified atom stereocenters. The van der Waals surface area contributed by atoms with Crippen molar-refractivity contribution < 1.29 is 22.7 Å². The fourth-order valence-electron chi connectivity index (χ4n) is 2.87. The Balaban J connectivity index is 2.34. The monoisotopic (exact) mass is 483 g/mol. The van der Waals surface area contributed by atoms with Gasteiger partial charge in [-0.3, -0.25) is 4.79 Å². The molecule has 0 aliphatic heterocycles. The Hall–Kier alpha value is -1.90. The molecule has 0 saturated carbocycles. The molecule has 2 aromatic carbocycles. The average Bonchev–Trinajstić information content (AvgIpc) is 2.68. The van der Waals surface area contributed by atoms with Gasteiger partial charge in [-0.05, 0) is 49.2 Å². The van der Waals surface area contributed by atoms with Gasteiger partial charge >= 0.3 is 5.97 Å². The van der Waals surface area contributed by atoms with E-state index in [0.717, 1.165) is 4.47 Å². The Morgan fingerprint density at radius 1 is 1.07 bits per heavy atom. The smallest absolute Gasteiger partial charge is 0.324 e. The van der Waals surface area contributed by atoms with Gasteiger partial charge < -0.3 is 9.47 Å². The van der Waals surface area contributed by atoms with Crippen LogP contribution >= 0.6 is 15.9 Å². The summed E-state index contributed by atoms with van der Waals surface area (Å²) in [6, 6.07) is 14.5. The Bertz CT molecular complexity index is 885. The van der Waals surface area contributed by atoms with E-state index in [9.17, 15) is 13.2 Å². The first-order chi connectivity index (χ1) is 13.8. The molecular formula is C21H26BrNO5S. The van der Waals surface area contributed by atoms with E-state index in [1.165, 1.54) is 16.4 Å². The molecule has 0 radical (unpaired) electrons. The van der Waals surface area contributed by atoms with Crippen molar-refractivity contribution in [2.75, 3.05) is 19.8 Å². The summed E-state index contributed by atoms with van der Waals surface area (Å²) in [5.41, 5.74) is 0. The lowest BCUT2D eigenvalue weighted by molar-refractivity contribution is -0.149. The van der Waals surface area contributed by atoms with E-state index in [4.69, 9.17) is 9.47 Å². The summed E-state index contributed by atoms with van der Waals surface area (Å²) in [5.74, 6) is -0.218. The van der Waals surface area contributed by atoms with Crippen molar-refractivity contribution in [1.29, 1.82) is 0 Å². The number of rotatable bonds is 10. The van der Waals surface area contributed by atoms with Crippen LogP contribution in [0.5, 0.6) is 5.75 Å². The SMILES string of the molecule is CCOC(=O)[C@@H](C(C)C)N(CCOc1ccccc1)S(=O)(=O)c1ccc(Br)cc1. The molecule has 2 aromatic rings. The highest BCUT2D eigenvalue weighted by atomic mass is 79.9. The van der Waals surface area contributed by atoms with Gasteiger partial charge in [0.1, 0.15) is 18.4 Å². The zero-order valence-corrected chi connectivity index (χ0v) is 19.1. The third-order valence-corrected chi connectivity index (χ3v) is 6.64. The van der Waals surface area contributed by atoms with E-state index in [1.807, 2.05) is 18.2 Å². The molecule has 0 aromatic heterocycles. The summed E-state index contributed by atoms with van der Waals surface area (Å²) < 4.78 is 39.6. The first-order valence-electron chi connectivity index (χ1n) is 9.39. The number of nitrogens with zero attached hydrogens (tertiary/aromatic N) is 1. The molecule has 158 valence electrons. The van der Waals surface area contributed by atoms with E-state index in [2.05, 4.69) is 15.9 Å². The zero-order chi connectivity index (χ0) is 21.4. The van der Waals surface area contributed by atoms with Crippen LogP contribution in [0.4, 0.5) is 0 Å². The van der Waals surface area contributed by atoms with Crippen LogP contribution in [0.25, 0.3) is 0 Å². The second kappa shape index (κ2) is 10.8. The van der Waals surface area contributed by atoms with Gasteiger partial charge in [0, 0.05) is 11.0 Å². The maximum absolute atomic E-state index is 13.4. The van der Waals surface area contributed by atoms with Crippen molar-refractivity contribution in [3.05, 3.63) is 59.1 Å². The standard InChI is InChI=1S/C21H26BrNO5S/c1-4-27-21(24)20(16(2)3)23(14-15-28-18-8-6-5-7-9-18)29(25,26)19-12-10-17(22)11-13-19/h5-13,16,20H,4,14-15H2,1-3H3/t20-/m1/s1. The summed E-state index contributed by atoms with van der Waals surface area (Å²) in [6.07, 6.45) is 0. The molecule has 0 spiro atoms. The first-order valence-corrected chi connectivity index (χ1v) is 11.6. The van der Waals surface area contributed by atoms with Gasteiger partial charge in [-0.25, -0.2) is 8.42 Å². The molecule has 6 nitrogen and oxygen atoms in total. The molecule has 29 heavy (non-hydrogen) atoms. The number of carbonyl (C=O) groups excluding carboxylic acids is 1. The van der Waals surface area contributed by atoms with E-state index in [-0.39, 0.29) is 30.6 Å². The predicted molar refractivity (Wildman–Crippen MR) is 115 cm³/mol. The van der Waals surface area contributed by atoms with Crippen LogP contribution in [-0.4, -0.2) is 44.5 Å². The van der Waals surface area contributed by atoms with E-state index < -0.39 is 22.0 Å². The van der Waals surface area contributed by atoms with Crippen molar-refractivity contribution >= 4 is 31.9 Å². The van der Waals surface area contributed by atoms with Crippen LogP contribution in [0.3, 0.4) is 0 Å². The third-order valence-electron chi connectivity index (χ3n) is 4.21. The summed E-state index contributed by atoms with van der Waals surface area (Å²) in [6.45, 7) is 5.57. The summed E-state index contributed by atoms with van der Waals surface area (Å²) in [5, 5.41) is 0. The van der Waals surface area contributed by atoms with Gasteiger partial charge in [-0.2, -0.15) is 4.31 Å². The molecule has 0 bridgehead atoms. The number of benzene rings is 2. The van der Waals surface area contributed by atoms with E-state index in [0.29, 0.717) is 5.75 Å². The summed E-state index contributed by atoms with van der Waals surface area (Å²) in [4.78, 5) is 12.7. The van der Waals surface area contributed by atoms with Gasteiger partial charge in [0.05, 0.1) is 11.5 Å². The minimum Gasteiger partial charge on any atom is -0.492 e. The highest BCUT2D eigenvalue weighted by Crippen LogP contribution is 2.24. The van der Waals surface area contributed by atoms with Crippen LogP contribution < -0.4 is 4.74 Å². The van der Waals surface area contributed by atoms with Gasteiger partial charge in [-0.15, -0.1) is 0 Å². The highest BCUT2D eigenvalue weighted by Gasteiger charge is 2.38. The first kappa shape index (κ1) is 23.4. The fourth-order valence-corrected chi connectivity index (χ4v) is 4.83. The number of para-hydroxylation sites is 1. The fraction of sp³-hybridized carbons (Fsp3) is 0.381. The van der Waals surface area contributed by atoms with Crippen LogP contribution in [0, 0.1) is 5.92 Å². The topological polar surface area (TPSA) is 72.9 Å². The van der Waals surface area contributed by atoms with Crippen LogP contribution in [0.2, 0.25) is 0 Å². The van der Waals surface area contributed by atoms with Gasteiger partial charge in [0.15, 0.2) is 0 Å². The molecule has 0 aliphatic rings. The number of hydrogen-bond acceptors (Lipinski definition) is 5. The lowest BCUT2D eigenvalue weighted by Gasteiger charge is -2.31. The molecule has 8 heteroatoms. The van der Waals surface area contributed by atoms with Crippen molar-refractivity contribution in [2.45, 2.75) is 31.7 Å². The van der Waals surface area contributed by atoms with Gasteiger partial charge in [0.25, 0.3) is 0 Å². The number of hydrogen-bond donors (Lipinski definition) is 0. The maximum atomic E-state index is 13.4. The second-order valence-electron chi connectivity index (χ2n) is 6.67. The Morgan fingerprint density at radius 3 is 2.24 bits per heavy atom. The molecular weight excluding hydrogens is 458 g/mol. The number of ether oxygens (including phenoxy) is 2. The van der Waals surface area contributed by atoms with E-state index in [1.54, 1.807) is 45.0 Å². The summed E-state index contributed by atoms with van der Waals surface area (Å²) >= 11 is 3.31. The number of carbonyl (C=O) groups is 1. The van der Waals surface area contributed by atoms with Crippen LogP contribution in [-0.2, 0) is 19.6 Å². The molecule has 0 aliphatic carbocycles. The zero-order valence-electron chi connectivity index (χ0n) is 16.7. The molecule has 0 saturated heterocycles. The third kappa shape index (κ3) is 6.29. The molecule has 0 N–H and O–H groups in total. The Labute approximate surface area is 181 Å². The predicted octanol–water partition coefficient (Wildman–Crippen LogP) is 4.11. The van der Waals surface area contributed by atoms with Crippen molar-refractivity contribution in [3.63, 3.8) is 0 Å². The minimum atomic E-state index is -3.95. The maximum Gasteiger partial charge on any atom is 0.324 e.